The minimum absolute atomic E-state index is 0.297. The molecule has 2 aromatic carbocycles. The highest BCUT2D eigenvalue weighted by atomic mass is 35.5. The van der Waals surface area contributed by atoms with Crippen LogP contribution in [-0.2, 0) is 0 Å². The van der Waals surface area contributed by atoms with Crippen molar-refractivity contribution in [3.05, 3.63) is 74.3 Å². The molecule has 0 bridgehead atoms. The van der Waals surface area contributed by atoms with E-state index in [9.17, 15) is 9.59 Å². The van der Waals surface area contributed by atoms with Gasteiger partial charge in [-0.1, -0.05) is 23.7 Å². The smallest absolute Gasteiger partial charge is 0.250 e. The molecular weight excluding hydrogens is 276 g/mol. The van der Waals surface area contributed by atoms with Crippen LogP contribution in [-0.4, -0.2) is 4.98 Å². The highest BCUT2D eigenvalue weighted by Crippen LogP contribution is 2.27. The van der Waals surface area contributed by atoms with Crippen molar-refractivity contribution in [2.24, 2.45) is 0 Å². The van der Waals surface area contributed by atoms with Gasteiger partial charge in [-0.25, -0.2) is 0 Å². The fraction of sp³-hybridized carbons (Fsp3) is 0. The molecule has 1 heterocycles. The normalized spacial score (nSPS) is 10.7. The number of benzene rings is 1. The van der Waals surface area contributed by atoms with Crippen LogP contribution in [0, 0.1) is 0 Å². The quantitative estimate of drug-likeness (QED) is 0.751. The van der Waals surface area contributed by atoms with Crippen molar-refractivity contribution in [3.63, 3.8) is 0 Å². The van der Waals surface area contributed by atoms with E-state index >= 15 is 0 Å². The van der Waals surface area contributed by atoms with Crippen LogP contribution in [0.1, 0.15) is 0 Å². The van der Waals surface area contributed by atoms with Gasteiger partial charge in [0.1, 0.15) is 5.69 Å². The zero-order chi connectivity index (χ0) is 14.1. The summed E-state index contributed by atoms with van der Waals surface area (Å²) >= 11 is 5.82. The van der Waals surface area contributed by atoms with Crippen molar-refractivity contribution in [2.45, 2.75) is 0 Å². The van der Waals surface area contributed by atoms with Gasteiger partial charge in [0.2, 0.25) is 5.43 Å². The van der Waals surface area contributed by atoms with Gasteiger partial charge in [-0.15, -0.1) is 0 Å². The third-order valence-electron chi connectivity index (χ3n) is 2.97. The summed E-state index contributed by atoms with van der Waals surface area (Å²) in [6.07, 6.45) is 3.22. The van der Waals surface area contributed by atoms with Gasteiger partial charge in [-0.2, -0.15) is 0 Å². The fourth-order valence-corrected chi connectivity index (χ4v) is 2.11. The van der Waals surface area contributed by atoms with Crippen molar-refractivity contribution < 1.29 is 0 Å². The van der Waals surface area contributed by atoms with Crippen LogP contribution in [0.5, 0.6) is 0 Å². The highest BCUT2D eigenvalue weighted by Gasteiger charge is 2.22. The average molecular weight is 285 g/mol. The SMILES string of the molecule is O=c1c(Nc2cccnc2)c(-c2ccc(Cl)cc2)c1=O. The summed E-state index contributed by atoms with van der Waals surface area (Å²) in [6.45, 7) is 0. The van der Waals surface area contributed by atoms with Gasteiger partial charge in [0.05, 0.1) is 17.4 Å². The van der Waals surface area contributed by atoms with Crippen LogP contribution in [0.2, 0.25) is 5.02 Å². The molecule has 3 aromatic rings. The second kappa shape index (κ2) is 4.90. The van der Waals surface area contributed by atoms with Gasteiger partial charge in [0.25, 0.3) is 5.43 Å². The summed E-state index contributed by atoms with van der Waals surface area (Å²) in [5, 5.41) is 3.51. The Labute approximate surface area is 119 Å². The highest BCUT2D eigenvalue weighted by molar-refractivity contribution is 6.30. The van der Waals surface area contributed by atoms with Crippen LogP contribution in [0.25, 0.3) is 11.1 Å². The van der Waals surface area contributed by atoms with Gasteiger partial charge in [0.15, 0.2) is 0 Å². The molecule has 1 N–H and O–H groups in total. The minimum Gasteiger partial charge on any atom is -0.350 e. The molecule has 0 atom stereocenters. The number of hydrogen-bond donors (Lipinski definition) is 1. The topological polar surface area (TPSA) is 59.1 Å². The van der Waals surface area contributed by atoms with E-state index in [2.05, 4.69) is 10.3 Å². The molecule has 20 heavy (non-hydrogen) atoms. The van der Waals surface area contributed by atoms with Crippen LogP contribution in [0.4, 0.5) is 11.4 Å². The monoisotopic (exact) mass is 284 g/mol. The van der Waals surface area contributed by atoms with Crippen molar-refractivity contribution in [2.75, 3.05) is 5.32 Å². The largest absolute Gasteiger partial charge is 0.350 e. The van der Waals surface area contributed by atoms with E-state index in [0.717, 1.165) is 0 Å². The summed E-state index contributed by atoms with van der Waals surface area (Å²) < 4.78 is 0. The first-order valence-corrected chi connectivity index (χ1v) is 6.31. The molecule has 0 saturated heterocycles. The first-order valence-electron chi connectivity index (χ1n) is 5.93. The summed E-state index contributed by atoms with van der Waals surface area (Å²) in [7, 11) is 0. The van der Waals surface area contributed by atoms with Gasteiger partial charge < -0.3 is 5.32 Å². The van der Waals surface area contributed by atoms with E-state index in [-0.39, 0.29) is 0 Å². The summed E-state index contributed by atoms with van der Waals surface area (Å²) in [4.78, 5) is 27.4. The molecular formula is C15H9ClN2O2. The van der Waals surface area contributed by atoms with Gasteiger partial charge >= 0.3 is 0 Å². The van der Waals surface area contributed by atoms with E-state index in [0.29, 0.717) is 27.5 Å². The first-order chi connectivity index (χ1) is 9.66. The molecule has 0 aliphatic rings. The summed E-state index contributed by atoms with van der Waals surface area (Å²) in [6, 6.07) is 10.3. The average Bonchev–Trinajstić information content (AvgIpc) is 2.49. The third-order valence-corrected chi connectivity index (χ3v) is 3.23. The van der Waals surface area contributed by atoms with E-state index in [4.69, 9.17) is 11.6 Å². The number of nitrogens with one attached hydrogen (secondary N) is 1. The third kappa shape index (κ3) is 2.10. The molecule has 0 unspecified atom stereocenters. The molecule has 0 radical (unpaired) electrons. The van der Waals surface area contributed by atoms with Crippen molar-refractivity contribution in [3.8, 4) is 11.1 Å². The number of halogens is 1. The maximum absolute atomic E-state index is 11.8. The van der Waals surface area contributed by atoms with E-state index in [1.54, 1.807) is 48.8 Å². The van der Waals surface area contributed by atoms with Crippen LogP contribution in [0.15, 0.2) is 58.4 Å². The Kier molecular flexibility index (Phi) is 3.08. The molecule has 4 nitrogen and oxygen atoms in total. The van der Waals surface area contributed by atoms with Crippen molar-refractivity contribution in [1.82, 2.24) is 4.98 Å². The molecule has 0 aliphatic heterocycles. The second-order valence-corrected chi connectivity index (χ2v) is 4.72. The molecule has 3 rings (SSSR count). The molecule has 0 fully saturated rings. The molecule has 0 aliphatic carbocycles. The number of rotatable bonds is 3. The Bertz CT molecular complexity index is 819. The zero-order valence-electron chi connectivity index (χ0n) is 10.3. The van der Waals surface area contributed by atoms with Crippen molar-refractivity contribution in [1.29, 1.82) is 0 Å². The van der Waals surface area contributed by atoms with Crippen LogP contribution in [0.3, 0.4) is 0 Å². The Morgan fingerprint density at radius 1 is 1.00 bits per heavy atom. The van der Waals surface area contributed by atoms with E-state index in [1.165, 1.54) is 0 Å². The van der Waals surface area contributed by atoms with Crippen LogP contribution >= 0.6 is 11.6 Å². The molecule has 1 aromatic heterocycles. The van der Waals surface area contributed by atoms with Crippen LogP contribution < -0.4 is 16.2 Å². The summed E-state index contributed by atoms with van der Waals surface area (Å²) in [5.41, 5.74) is 1.01. The lowest BCUT2D eigenvalue weighted by Crippen LogP contribution is -2.35. The van der Waals surface area contributed by atoms with Crippen molar-refractivity contribution >= 4 is 23.0 Å². The Hall–Kier alpha value is -2.46. The predicted octanol–water partition coefficient (Wildman–Crippen LogP) is 2.74. The molecule has 0 saturated carbocycles. The van der Waals surface area contributed by atoms with E-state index < -0.39 is 10.9 Å². The molecule has 0 spiro atoms. The van der Waals surface area contributed by atoms with Gasteiger partial charge in [-0.05, 0) is 29.8 Å². The molecule has 5 heteroatoms. The standard InChI is InChI=1S/C15H9ClN2O2/c16-10-5-3-9(4-6-10)12-13(15(20)14(12)19)18-11-2-1-7-17-8-11/h1-8,18H. The number of anilines is 2. The maximum atomic E-state index is 11.8. The maximum Gasteiger partial charge on any atom is 0.250 e. The summed E-state index contributed by atoms with van der Waals surface area (Å²) in [5.74, 6) is 0. The lowest BCUT2D eigenvalue weighted by atomic mass is 9.98. The minimum atomic E-state index is -0.515. The number of hydrogen-bond acceptors (Lipinski definition) is 4. The first kappa shape index (κ1) is 12.6. The Morgan fingerprint density at radius 2 is 1.75 bits per heavy atom. The fourth-order valence-electron chi connectivity index (χ4n) is 1.98. The lowest BCUT2D eigenvalue weighted by molar-refractivity contribution is 1.31. The Balaban J connectivity index is 2.02. The molecule has 98 valence electrons. The Morgan fingerprint density at radius 3 is 2.40 bits per heavy atom. The zero-order valence-corrected chi connectivity index (χ0v) is 11.0. The number of nitrogens with zero attached hydrogens (tertiary/aromatic N) is 1. The number of aromatic nitrogens is 1. The van der Waals surface area contributed by atoms with Gasteiger partial charge in [0, 0.05) is 11.2 Å². The molecule has 0 amide bonds. The van der Waals surface area contributed by atoms with E-state index in [1.807, 2.05) is 0 Å². The predicted molar refractivity (Wildman–Crippen MR) is 79.3 cm³/mol. The van der Waals surface area contributed by atoms with Gasteiger partial charge in [-0.3, -0.25) is 14.6 Å². The second-order valence-electron chi connectivity index (χ2n) is 4.28. The lowest BCUT2D eigenvalue weighted by Gasteiger charge is -2.13. The number of pyridine rings is 1.